The van der Waals surface area contributed by atoms with Gasteiger partial charge in [-0.3, -0.25) is 10.2 Å². The van der Waals surface area contributed by atoms with Crippen LogP contribution in [0.2, 0.25) is 0 Å². The molecule has 0 bridgehead atoms. The Morgan fingerprint density at radius 1 is 1.13 bits per heavy atom. The topological polar surface area (TPSA) is 108 Å². The van der Waals surface area contributed by atoms with Crippen molar-refractivity contribution in [1.82, 2.24) is 10.3 Å². The molecule has 0 aromatic heterocycles. The second-order valence-electron chi connectivity index (χ2n) is 5.07. The summed E-state index contributed by atoms with van der Waals surface area (Å²) in [5.74, 6) is -0.589. The minimum absolute atomic E-state index is 0.0227. The summed E-state index contributed by atoms with van der Waals surface area (Å²) < 4.78 is 24.8. The van der Waals surface area contributed by atoms with Crippen molar-refractivity contribution in [3.63, 3.8) is 0 Å². The van der Waals surface area contributed by atoms with E-state index in [9.17, 15) is 18.3 Å². The molecule has 1 aliphatic rings. The summed E-state index contributed by atoms with van der Waals surface area (Å²) in [6.07, 6.45) is 0.609. The van der Waals surface area contributed by atoms with Crippen LogP contribution >= 0.6 is 0 Å². The van der Waals surface area contributed by atoms with Gasteiger partial charge in [-0.05, 0) is 48.4 Å². The fourth-order valence-electron chi connectivity index (χ4n) is 2.42. The second kappa shape index (κ2) is 5.90. The molecule has 1 amide bonds. The van der Waals surface area contributed by atoms with E-state index in [0.29, 0.717) is 18.5 Å². The minimum Gasteiger partial charge on any atom is -0.508 e. The average molecular weight is 333 g/mol. The van der Waals surface area contributed by atoms with Crippen LogP contribution < -0.4 is 15.6 Å². The van der Waals surface area contributed by atoms with Crippen molar-refractivity contribution in [3.05, 3.63) is 53.6 Å². The molecular formula is C15H15N3O4S. The summed E-state index contributed by atoms with van der Waals surface area (Å²) in [4.78, 5) is 14.2. The highest BCUT2D eigenvalue weighted by Crippen LogP contribution is 2.28. The first-order valence-corrected chi connectivity index (χ1v) is 8.42. The van der Waals surface area contributed by atoms with Gasteiger partial charge in [0.15, 0.2) is 0 Å². The number of carbonyl (C=O) groups is 1. The molecule has 4 N–H and O–H groups in total. The zero-order valence-electron chi connectivity index (χ0n) is 12.0. The van der Waals surface area contributed by atoms with Gasteiger partial charge in [-0.1, -0.05) is 6.07 Å². The number of sulfonamides is 1. The van der Waals surface area contributed by atoms with Crippen LogP contribution in [0.4, 0.5) is 5.69 Å². The predicted octanol–water partition coefficient (Wildman–Crippen LogP) is 0.983. The van der Waals surface area contributed by atoms with Crippen molar-refractivity contribution < 1.29 is 18.3 Å². The predicted molar refractivity (Wildman–Crippen MR) is 84.5 cm³/mol. The Morgan fingerprint density at radius 2 is 1.87 bits per heavy atom. The molecule has 3 rings (SSSR count). The number of fused-ring (bicyclic) bond motifs is 1. The maximum absolute atomic E-state index is 12.4. The quantitative estimate of drug-likeness (QED) is 0.624. The highest BCUT2D eigenvalue weighted by Gasteiger charge is 2.23. The first kappa shape index (κ1) is 15.3. The fraction of sp³-hybridized carbons (Fsp3) is 0.133. The maximum Gasteiger partial charge on any atom is 0.266 e. The highest BCUT2D eigenvalue weighted by molar-refractivity contribution is 7.89. The molecule has 23 heavy (non-hydrogen) atoms. The van der Waals surface area contributed by atoms with Gasteiger partial charge < -0.3 is 10.4 Å². The third-order valence-electron chi connectivity index (χ3n) is 3.54. The Bertz CT molecular complexity index is 848. The lowest BCUT2D eigenvalue weighted by Crippen LogP contribution is -2.41. The van der Waals surface area contributed by atoms with Gasteiger partial charge in [-0.15, -0.1) is 4.83 Å². The van der Waals surface area contributed by atoms with E-state index in [1.165, 1.54) is 30.3 Å². The molecule has 7 nitrogen and oxygen atoms in total. The maximum atomic E-state index is 12.4. The Labute approximate surface area is 133 Å². The summed E-state index contributed by atoms with van der Waals surface area (Å²) in [7, 11) is -3.87. The van der Waals surface area contributed by atoms with E-state index in [4.69, 9.17) is 0 Å². The Balaban J connectivity index is 1.76. The summed E-state index contributed by atoms with van der Waals surface area (Å²) in [5.41, 5.74) is 3.89. The molecule has 0 saturated carbocycles. The Morgan fingerprint density at radius 3 is 2.61 bits per heavy atom. The number of phenols is 1. The van der Waals surface area contributed by atoms with Crippen molar-refractivity contribution in [2.45, 2.75) is 11.3 Å². The molecule has 2 aromatic carbocycles. The molecule has 8 heteroatoms. The van der Waals surface area contributed by atoms with E-state index in [0.717, 1.165) is 5.69 Å². The zero-order valence-corrected chi connectivity index (χ0v) is 12.9. The van der Waals surface area contributed by atoms with Gasteiger partial charge >= 0.3 is 0 Å². The SMILES string of the molecule is O=C(NNS(=O)(=O)c1cccc2c1CCN2)c1ccc(O)cc1. The van der Waals surface area contributed by atoms with Gasteiger partial charge in [0, 0.05) is 17.8 Å². The largest absolute Gasteiger partial charge is 0.508 e. The van der Waals surface area contributed by atoms with Crippen LogP contribution in [-0.4, -0.2) is 26.0 Å². The first-order valence-electron chi connectivity index (χ1n) is 6.94. The van der Waals surface area contributed by atoms with Crippen LogP contribution in [0.5, 0.6) is 5.75 Å². The summed E-state index contributed by atoms with van der Waals surface area (Å²) in [6.45, 7) is 0.682. The molecule has 0 radical (unpaired) electrons. The smallest absolute Gasteiger partial charge is 0.266 e. The number of carbonyl (C=O) groups excluding carboxylic acids is 1. The molecule has 0 aliphatic carbocycles. The van der Waals surface area contributed by atoms with Crippen molar-refractivity contribution >= 4 is 21.6 Å². The van der Waals surface area contributed by atoms with Gasteiger partial charge in [0.25, 0.3) is 15.9 Å². The molecule has 2 aromatic rings. The summed E-state index contributed by atoms with van der Waals surface area (Å²) >= 11 is 0. The zero-order chi connectivity index (χ0) is 16.4. The molecular weight excluding hydrogens is 318 g/mol. The molecule has 0 unspecified atom stereocenters. The Kier molecular flexibility index (Phi) is 3.93. The van der Waals surface area contributed by atoms with Gasteiger partial charge in [-0.2, -0.15) is 0 Å². The third kappa shape index (κ3) is 3.13. The third-order valence-corrected chi connectivity index (χ3v) is 4.87. The van der Waals surface area contributed by atoms with E-state index >= 15 is 0 Å². The van der Waals surface area contributed by atoms with E-state index in [1.807, 2.05) is 6.07 Å². The molecule has 0 spiro atoms. The van der Waals surface area contributed by atoms with E-state index in [1.54, 1.807) is 6.07 Å². The lowest BCUT2D eigenvalue weighted by molar-refractivity contribution is 0.0945. The summed E-state index contributed by atoms with van der Waals surface area (Å²) in [5, 5.41) is 12.3. The number of hydrazine groups is 1. The number of rotatable bonds is 4. The number of amides is 1. The summed E-state index contributed by atoms with van der Waals surface area (Å²) in [6, 6.07) is 10.4. The number of hydrogen-bond donors (Lipinski definition) is 4. The van der Waals surface area contributed by atoms with Crippen molar-refractivity contribution in [3.8, 4) is 5.75 Å². The number of aromatic hydroxyl groups is 1. The van der Waals surface area contributed by atoms with E-state index in [-0.39, 0.29) is 16.2 Å². The van der Waals surface area contributed by atoms with E-state index in [2.05, 4.69) is 15.6 Å². The number of phenolic OH excluding ortho intramolecular Hbond substituents is 1. The molecule has 0 atom stereocenters. The van der Waals surface area contributed by atoms with Gasteiger partial charge in [-0.25, -0.2) is 8.42 Å². The number of hydrogen-bond acceptors (Lipinski definition) is 5. The number of nitrogens with one attached hydrogen (secondary N) is 3. The second-order valence-corrected chi connectivity index (χ2v) is 6.72. The average Bonchev–Trinajstić information content (AvgIpc) is 3.01. The van der Waals surface area contributed by atoms with Crippen molar-refractivity contribution in [1.29, 1.82) is 0 Å². The number of anilines is 1. The van der Waals surface area contributed by atoms with Crippen LogP contribution in [0.25, 0.3) is 0 Å². The van der Waals surface area contributed by atoms with Gasteiger partial charge in [0.1, 0.15) is 5.75 Å². The lowest BCUT2D eigenvalue weighted by Gasteiger charge is -2.11. The van der Waals surface area contributed by atoms with Crippen LogP contribution in [0.3, 0.4) is 0 Å². The van der Waals surface area contributed by atoms with Gasteiger partial charge in [0.2, 0.25) is 0 Å². The number of benzene rings is 2. The van der Waals surface area contributed by atoms with Crippen molar-refractivity contribution in [2.24, 2.45) is 0 Å². The standard InChI is InChI=1S/C15H15N3O4S/c19-11-6-4-10(5-7-11)15(20)17-18-23(21,22)14-3-1-2-13-12(14)8-9-16-13/h1-7,16,18-19H,8-9H2,(H,17,20). The van der Waals surface area contributed by atoms with E-state index < -0.39 is 15.9 Å². The highest BCUT2D eigenvalue weighted by atomic mass is 32.2. The van der Waals surface area contributed by atoms with Crippen LogP contribution in [0.15, 0.2) is 47.4 Å². The molecule has 0 fully saturated rings. The van der Waals surface area contributed by atoms with Crippen LogP contribution in [-0.2, 0) is 16.4 Å². The molecule has 0 saturated heterocycles. The molecule has 1 heterocycles. The molecule has 120 valence electrons. The fourth-order valence-corrected chi connectivity index (χ4v) is 3.55. The monoisotopic (exact) mass is 333 g/mol. The van der Waals surface area contributed by atoms with Crippen LogP contribution in [0, 0.1) is 0 Å². The normalized spacial score (nSPS) is 13.2. The molecule has 1 aliphatic heterocycles. The minimum atomic E-state index is -3.87. The van der Waals surface area contributed by atoms with Crippen molar-refractivity contribution in [2.75, 3.05) is 11.9 Å². The van der Waals surface area contributed by atoms with Gasteiger partial charge in [0.05, 0.1) is 4.90 Å². The first-order chi connectivity index (χ1) is 11.0. The van der Waals surface area contributed by atoms with Crippen LogP contribution in [0.1, 0.15) is 15.9 Å². The lowest BCUT2D eigenvalue weighted by atomic mass is 10.2. The Hall–Kier alpha value is -2.58.